The number of hydrogen-bond donors (Lipinski definition) is 1. The fourth-order valence-corrected chi connectivity index (χ4v) is 3.47. The average Bonchev–Trinajstić information content (AvgIpc) is 2.83. The van der Waals surface area contributed by atoms with E-state index in [2.05, 4.69) is 17.3 Å². The van der Waals surface area contributed by atoms with Crippen LogP contribution in [0.1, 0.15) is 38.5 Å². The monoisotopic (exact) mass is 194 g/mol. The molecule has 2 nitrogen and oxygen atoms in total. The van der Waals surface area contributed by atoms with Crippen molar-refractivity contribution in [2.45, 2.75) is 56.7 Å². The molecule has 1 heterocycles. The van der Waals surface area contributed by atoms with E-state index < -0.39 is 0 Å². The summed E-state index contributed by atoms with van der Waals surface area (Å²) in [5.74, 6) is 0.967. The molecule has 0 aromatic rings. The maximum Gasteiger partial charge on any atom is 0.0135 e. The van der Waals surface area contributed by atoms with Crippen molar-refractivity contribution >= 4 is 0 Å². The molecule has 3 unspecified atom stereocenters. The van der Waals surface area contributed by atoms with Gasteiger partial charge in [-0.15, -0.1) is 0 Å². The standard InChI is InChI=1S/C12H22N2/c1-14-8-7-11(13-9-5-6-9)10-3-2-4-12(10)14/h9-13H,2-8H2,1H3. The van der Waals surface area contributed by atoms with E-state index in [0.717, 1.165) is 24.0 Å². The van der Waals surface area contributed by atoms with Crippen LogP contribution in [0.3, 0.4) is 0 Å². The SMILES string of the molecule is CN1CCC(NC2CC2)C2CCCC21. The Hall–Kier alpha value is -0.0800. The van der Waals surface area contributed by atoms with Gasteiger partial charge in [-0.05, 0) is 51.6 Å². The summed E-state index contributed by atoms with van der Waals surface area (Å²) >= 11 is 0. The second-order valence-electron chi connectivity index (χ2n) is 5.48. The third-order valence-corrected chi connectivity index (χ3v) is 4.43. The number of nitrogens with zero attached hydrogens (tertiary/aromatic N) is 1. The molecule has 0 radical (unpaired) electrons. The molecule has 2 saturated carbocycles. The van der Waals surface area contributed by atoms with Gasteiger partial charge in [0.1, 0.15) is 0 Å². The lowest BCUT2D eigenvalue weighted by atomic mass is 9.87. The summed E-state index contributed by atoms with van der Waals surface area (Å²) in [5.41, 5.74) is 0. The van der Waals surface area contributed by atoms with E-state index in [-0.39, 0.29) is 0 Å². The van der Waals surface area contributed by atoms with Crippen molar-refractivity contribution in [3.05, 3.63) is 0 Å². The van der Waals surface area contributed by atoms with E-state index in [9.17, 15) is 0 Å². The van der Waals surface area contributed by atoms with E-state index in [0.29, 0.717) is 0 Å². The van der Waals surface area contributed by atoms with E-state index in [1.807, 2.05) is 0 Å². The van der Waals surface area contributed by atoms with Crippen molar-refractivity contribution in [2.24, 2.45) is 5.92 Å². The van der Waals surface area contributed by atoms with Crippen LogP contribution in [-0.4, -0.2) is 36.6 Å². The first-order valence-corrected chi connectivity index (χ1v) is 6.31. The Morgan fingerprint density at radius 1 is 1.07 bits per heavy atom. The largest absolute Gasteiger partial charge is 0.311 e. The highest BCUT2D eigenvalue weighted by Crippen LogP contribution is 2.37. The lowest BCUT2D eigenvalue weighted by Crippen LogP contribution is -2.52. The van der Waals surface area contributed by atoms with E-state index in [1.54, 1.807) is 0 Å². The Labute approximate surface area is 87.0 Å². The summed E-state index contributed by atoms with van der Waals surface area (Å²) in [4.78, 5) is 2.60. The molecule has 0 aromatic heterocycles. The van der Waals surface area contributed by atoms with Gasteiger partial charge in [0.2, 0.25) is 0 Å². The fraction of sp³-hybridized carbons (Fsp3) is 1.00. The van der Waals surface area contributed by atoms with Crippen molar-refractivity contribution in [3.63, 3.8) is 0 Å². The zero-order chi connectivity index (χ0) is 9.54. The average molecular weight is 194 g/mol. The third-order valence-electron chi connectivity index (χ3n) is 4.43. The van der Waals surface area contributed by atoms with Crippen LogP contribution in [0.2, 0.25) is 0 Å². The van der Waals surface area contributed by atoms with Crippen molar-refractivity contribution in [1.29, 1.82) is 0 Å². The first kappa shape index (κ1) is 9.17. The Morgan fingerprint density at radius 2 is 1.93 bits per heavy atom. The summed E-state index contributed by atoms with van der Waals surface area (Å²) in [6, 6.07) is 2.65. The second-order valence-corrected chi connectivity index (χ2v) is 5.48. The lowest BCUT2D eigenvalue weighted by molar-refractivity contribution is 0.109. The van der Waals surface area contributed by atoms with Gasteiger partial charge < -0.3 is 10.2 Å². The molecule has 3 fully saturated rings. The molecule has 3 rings (SSSR count). The molecule has 1 N–H and O–H groups in total. The highest BCUT2D eigenvalue weighted by molar-refractivity contribution is 4.98. The summed E-state index contributed by atoms with van der Waals surface area (Å²) in [5, 5.41) is 3.86. The molecule has 2 aliphatic carbocycles. The maximum atomic E-state index is 3.86. The van der Waals surface area contributed by atoms with Crippen molar-refractivity contribution in [3.8, 4) is 0 Å². The normalized spacial score (nSPS) is 43.9. The maximum absolute atomic E-state index is 3.86. The van der Waals surface area contributed by atoms with Crippen LogP contribution in [0.5, 0.6) is 0 Å². The molecule has 0 bridgehead atoms. The molecule has 80 valence electrons. The Kier molecular flexibility index (Phi) is 2.29. The minimum Gasteiger partial charge on any atom is -0.311 e. The molecule has 0 spiro atoms. The third kappa shape index (κ3) is 1.59. The van der Waals surface area contributed by atoms with Gasteiger partial charge in [-0.25, -0.2) is 0 Å². The number of likely N-dealkylation sites (tertiary alicyclic amines) is 1. The summed E-state index contributed by atoms with van der Waals surface area (Å²) in [6.07, 6.45) is 8.63. The predicted octanol–water partition coefficient (Wildman–Crippen LogP) is 1.61. The van der Waals surface area contributed by atoms with Gasteiger partial charge in [0.05, 0.1) is 0 Å². The van der Waals surface area contributed by atoms with Gasteiger partial charge in [0.15, 0.2) is 0 Å². The molecule has 0 aromatic carbocycles. The summed E-state index contributed by atoms with van der Waals surface area (Å²) < 4.78 is 0. The second kappa shape index (κ2) is 3.49. The molecular weight excluding hydrogens is 172 g/mol. The smallest absolute Gasteiger partial charge is 0.0135 e. The van der Waals surface area contributed by atoms with Crippen LogP contribution < -0.4 is 5.32 Å². The Balaban J connectivity index is 1.66. The summed E-state index contributed by atoms with van der Waals surface area (Å²) in [7, 11) is 2.32. The van der Waals surface area contributed by atoms with Crippen LogP contribution >= 0.6 is 0 Å². The van der Waals surface area contributed by atoms with Crippen molar-refractivity contribution < 1.29 is 0 Å². The minimum absolute atomic E-state index is 0.853. The van der Waals surface area contributed by atoms with Crippen LogP contribution in [0.4, 0.5) is 0 Å². The molecule has 3 aliphatic rings. The molecule has 3 atom stereocenters. The van der Waals surface area contributed by atoms with Gasteiger partial charge in [-0.3, -0.25) is 0 Å². The molecule has 14 heavy (non-hydrogen) atoms. The van der Waals surface area contributed by atoms with Crippen LogP contribution in [0.25, 0.3) is 0 Å². The minimum atomic E-state index is 0.853. The Morgan fingerprint density at radius 3 is 2.71 bits per heavy atom. The molecule has 1 saturated heterocycles. The number of nitrogens with one attached hydrogen (secondary N) is 1. The van der Waals surface area contributed by atoms with Crippen LogP contribution in [0.15, 0.2) is 0 Å². The zero-order valence-corrected chi connectivity index (χ0v) is 9.21. The Bertz CT molecular complexity index is 212. The highest BCUT2D eigenvalue weighted by Gasteiger charge is 2.40. The van der Waals surface area contributed by atoms with Gasteiger partial charge in [-0.2, -0.15) is 0 Å². The van der Waals surface area contributed by atoms with Crippen molar-refractivity contribution in [1.82, 2.24) is 10.2 Å². The van der Waals surface area contributed by atoms with Gasteiger partial charge in [0, 0.05) is 18.1 Å². The molecule has 2 heteroatoms. The van der Waals surface area contributed by atoms with Crippen molar-refractivity contribution in [2.75, 3.05) is 13.6 Å². The topological polar surface area (TPSA) is 15.3 Å². The number of hydrogen-bond acceptors (Lipinski definition) is 2. The summed E-state index contributed by atoms with van der Waals surface area (Å²) in [6.45, 7) is 1.31. The first-order chi connectivity index (χ1) is 6.84. The highest BCUT2D eigenvalue weighted by atomic mass is 15.2. The van der Waals surface area contributed by atoms with Crippen LogP contribution in [-0.2, 0) is 0 Å². The fourth-order valence-electron chi connectivity index (χ4n) is 3.47. The van der Waals surface area contributed by atoms with Gasteiger partial charge in [-0.1, -0.05) is 6.42 Å². The molecule has 1 aliphatic heterocycles. The number of rotatable bonds is 2. The van der Waals surface area contributed by atoms with Gasteiger partial charge >= 0.3 is 0 Å². The first-order valence-electron chi connectivity index (χ1n) is 6.31. The predicted molar refractivity (Wildman–Crippen MR) is 58.3 cm³/mol. The van der Waals surface area contributed by atoms with E-state index >= 15 is 0 Å². The lowest BCUT2D eigenvalue weighted by Gasteiger charge is -2.41. The molecular formula is C12H22N2. The molecule has 0 amide bonds. The number of piperidine rings is 1. The van der Waals surface area contributed by atoms with Gasteiger partial charge in [0.25, 0.3) is 0 Å². The van der Waals surface area contributed by atoms with E-state index in [1.165, 1.54) is 45.1 Å². The van der Waals surface area contributed by atoms with E-state index in [4.69, 9.17) is 0 Å². The quantitative estimate of drug-likeness (QED) is 0.718. The zero-order valence-electron chi connectivity index (χ0n) is 9.21. The van der Waals surface area contributed by atoms with Crippen LogP contribution in [0, 0.1) is 5.92 Å². The number of fused-ring (bicyclic) bond motifs is 1.